The Balaban J connectivity index is 0.000000853. The summed E-state index contributed by atoms with van der Waals surface area (Å²) in [4.78, 5) is 0. The van der Waals surface area contributed by atoms with Crippen molar-refractivity contribution < 1.29 is 0 Å². The van der Waals surface area contributed by atoms with E-state index in [1.165, 1.54) is 28.3 Å². The third-order valence-corrected chi connectivity index (χ3v) is 2.95. The molecule has 1 nitrogen and oxygen atoms in total. The van der Waals surface area contributed by atoms with Crippen LogP contribution in [0.3, 0.4) is 0 Å². The number of halogens is 1. The zero-order valence-corrected chi connectivity index (χ0v) is 9.31. The number of fused-ring (bicyclic) bond motifs is 2. The fourth-order valence-electron chi connectivity index (χ4n) is 2.18. The van der Waals surface area contributed by atoms with Gasteiger partial charge in [0.25, 0.3) is 0 Å². The average Bonchev–Trinajstić information content (AvgIpc) is 2.26. The molecule has 1 aliphatic rings. The van der Waals surface area contributed by atoms with E-state index in [2.05, 4.69) is 41.7 Å². The molecular weight excluding hydrogens is 206 g/mol. The van der Waals surface area contributed by atoms with Crippen molar-refractivity contribution in [3.8, 4) is 0 Å². The van der Waals surface area contributed by atoms with Crippen LogP contribution >= 0.6 is 12.4 Å². The highest BCUT2D eigenvalue weighted by Gasteiger charge is 2.08. The highest BCUT2D eigenvalue weighted by molar-refractivity contribution is 5.85. The van der Waals surface area contributed by atoms with Crippen LogP contribution in [0.25, 0.3) is 10.8 Å². The van der Waals surface area contributed by atoms with E-state index in [4.69, 9.17) is 0 Å². The molecule has 0 fully saturated rings. The molecule has 2 aromatic rings. The molecule has 2 heteroatoms. The number of hydrogen-bond acceptors (Lipinski definition) is 1. The molecule has 0 amide bonds. The summed E-state index contributed by atoms with van der Waals surface area (Å²) in [5.74, 6) is 0. The number of benzene rings is 2. The van der Waals surface area contributed by atoms with Gasteiger partial charge < -0.3 is 5.32 Å². The maximum atomic E-state index is 3.41. The Labute approximate surface area is 95.9 Å². The number of nitrogens with one attached hydrogen (secondary N) is 1. The number of hydrogen-bond donors (Lipinski definition) is 1. The second kappa shape index (κ2) is 4.21. The van der Waals surface area contributed by atoms with Crippen molar-refractivity contribution in [2.75, 3.05) is 6.54 Å². The van der Waals surface area contributed by atoms with Crippen LogP contribution < -0.4 is 5.32 Å². The van der Waals surface area contributed by atoms with Crippen LogP contribution in [0.5, 0.6) is 0 Å². The zero-order chi connectivity index (χ0) is 9.38. The van der Waals surface area contributed by atoms with Crippen molar-refractivity contribution in [2.45, 2.75) is 13.0 Å². The maximum Gasteiger partial charge on any atom is 0.0208 e. The average molecular weight is 220 g/mol. The van der Waals surface area contributed by atoms with Gasteiger partial charge in [-0.2, -0.15) is 0 Å². The molecule has 1 N–H and O–H groups in total. The normalized spacial score (nSPS) is 14.4. The molecule has 0 unspecified atom stereocenters. The van der Waals surface area contributed by atoms with Crippen molar-refractivity contribution in [3.05, 3.63) is 47.5 Å². The van der Waals surface area contributed by atoms with Crippen LogP contribution in [0.4, 0.5) is 0 Å². The van der Waals surface area contributed by atoms with Gasteiger partial charge in [-0.15, -0.1) is 12.4 Å². The van der Waals surface area contributed by atoms with Crippen LogP contribution in [0.15, 0.2) is 36.4 Å². The molecule has 2 aromatic carbocycles. The van der Waals surface area contributed by atoms with Crippen LogP contribution in [-0.2, 0) is 13.0 Å². The molecule has 3 rings (SSSR count). The molecule has 1 heterocycles. The van der Waals surface area contributed by atoms with Gasteiger partial charge in [0.1, 0.15) is 0 Å². The minimum atomic E-state index is 0. The lowest BCUT2D eigenvalue weighted by atomic mass is 9.96. The highest BCUT2D eigenvalue weighted by atomic mass is 35.5. The minimum absolute atomic E-state index is 0. The first-order chi connectivity index (χ1) is 6.93. The lowest BCUT2D eigenvalue weighted by Crippen LogP contribution is -2.23. The molecular formula is C13H14ClN. The van der Waals surface area contributed by atoms with Gasteiger partial charge in [0, 0.05) is 6.54 Å². The predicted octanol–water partition coefficient (Wildman–Crippen LogP) is 2.91. The quantitative estimate of drug-likeness (QED) is 0.719. The van der Waals surface area contributed by atoms with E-state index in [1.807, 2.05) is 0 Å². The second-order valence-corrected chi connectivity index (χ2v) is 3.89. The molecule has 0 bridgehead atoms. The standard InChI is InChI=1S/C13H13N.ClH/c1-2-4-11-8-13-9-14-6-5-12(13)7-10(11)3-1;/h1-4,7-8,14H,5-6,9H2;1H. The second-order valence-electron chi connectivity index (χ2n) is 3.89. The predicted molar refractivity (Wildman–Crippen MR) is 66.6 cm³/mol. The lowest BCUT2D eigenvalue weighted by Gasteiger charge is -2.17. The maximum absolute atomic E-state index is 3.41. The summed E-state index contributed by atoms with van der Waals surface area (Å²) in [5.41, 5.74) is 2.98. The van der Waals surface area contributed by atoms with Crippen LogP contribution in [0, 0.1) is 0 Å². The zero-order valence-electron chi connectivity index (χ0n) is 8.49. The van der Waals surface area contributed by atoms with Gasteiger partial charge in [0.05, 0.1) is 0 Å². The largest absolute Gasteiger partial charge is 0.312 e. The van der Waals surface area contributed by atoms with Crippen molar-refractivity contribution >= 4 is 23.2 Å². The van der Waals surface area contributed by atoms with Crippen molar-refractivity contribution in [1.82, 2.24) is 5.32 Å². The lowest BCUT2D eigenvalue weighted by molar-refractivity contribution is 0.645. The topological polar surface area (TPSA) is 12.0 Å². The van der Waals surface area contributed by atoms with E-state index in [0.717, 1.165) is 13.1 Å². The molecule has 0 aromatic heterocycles. The van der Waals surface area contributed by atoms with Crippen molar-refractivity contribution in [3.63, 3.8) is 0 Å². The minimum Gasteiger partial charge on any atom is -0.312 e. The van der Waals surface area contributed by atoms with E-state index >= 15 is 0 Å². The van der Waals surface area contributed by atoms with Gasteiger partial charge in [0.15, 0.2) is 0 Å². The summed E-state index contributed by atoms with van der Waals surface area (Å²) < 4.78 is 0. The van der Waals surface area contributed by atoms with Crippen molar-refractivity contribution in [2.24, 2.45) is 0 Å². The van der Waals surface area contributed by atoms with Gasteiger partial charge in [-0.05, 0) is 40.9 Å². The Morgan fingerprint density at radius 3 is 2.33 bits per heavy atom. The van der Waals surface area contributed by atoms with E-state index in [-0.39, 0.29) is 12.4 Å². The van der Waals surface area contributed by atoms with E-state index in [9.17, 15) is 0 Å². The molecule has 0 saturated carbocycles. The SMILES string of the molecule is Cl.c1ccc2cc3c(cc2c1)CCNC3. The first-order valence-electron chi connectivity index (χ1n) is 5.15. The summed E-state index contributed by atoms with van der Waals surface area (Å²) in [6.07, 6.45) is 1.17. The highest BCUT2D eigenvalue weighted by Crippen LogP contribution is 2.22. The summed E-state index contributed by atoms with van der Waals surface area (Å²) in [5, 5.41) is 6.13. The van der Waals surface area contributed by atoms with Crippen LogP contribution in [-0.4, -0.2) is 6.54 Å². The molecule has 15 heavy (non-hydrogen) atoms. The van der Waals surface area contributed by atoms with Crippen molar-refractivity contribution in [1.29, 1.82) is 0 Å². The summed E-state index contributed by atoms with van der Waals surface area (Å²) >= 11 is 0. The van der Waals surface area contributed by atoms with E-state index < -0.39 is 0 Å². The van der Waals surface area contributed by atoms with E-state index in [1.54, 1.807) is 0 Å². The smallest absolute Gasteiger partial charge is 0.0208 e. The Morgan fingerprint density at radius 1 is 0.933 bits per heavy atom. The first kappa shape index (κ1) is 10.5. The van der Waals surface area contributed by atoms with Gasteiger partial charge in [0.2, 0.25) is 0 Å². The summed E-state index contributed by atoms with van der Waals surface area (Å²) in [7, 11) is 0. The molecule has 0 saturated heterocycles. The van der Waals surface area contributed by atoms with Gasteiger partial charge >= 0.3 is 0 Å². The third-order valence-electron chi connectivity index (χ3n) is 2.95. The molecule has 0 atom stereocenters. The van der Waals surface area contributed by atoms with E-state index in [0.29, 0.717) is 0 Å². The van der Waals surface area contributed by atoms with Crippen LogP contribution in [0.1, 0.15) is 11.1 Å². The fraction of sp³-hybridized carbons (Fsp3) is 0.231. The fourth-order valence-corrected chi connectivity index (χ4v) is 2.18. The summed E-state index contributed by atoms with van der Waals surface area (Å²) in [6.45, 7) is 2.14. The van der Waals surface area contributed by atoms with Gasteiger partial charge in [-0.1, -0.05) is 30.3 Å². The van der Waals surface area contributed by atoms with Gasteiger partial charge in [-0.25, -0.2) is 0 Å². The Bertz CT molecular complexity index is 434. The molecule has 1 aliphatic heterocycles. The first-order valence-corrected chi connectivity index (χ1v) is 5.15. The monoisotopic (exact) mass is 219 g/mol. The Hall–Kier alpha value is -1.05. The molecule has 0 aliphatic carbocycles. The van der Waals surface area contributed by atoms with Crippen LogP contribution in [0.2, 0.25) is 0 Å². The number of rotatable bonds is 0. The molecule has 0 spiro atoms. The van der Waals surface area contributed by atoms with Gasteiger partial charge in [-0.3, -0.25) is 0 Å². The Morgan fingerprint density at radius 2 is 1.60 bits per heavy atom. The molecule has 78 valence electrons. The molecule has 0 radical (unpaired) electrons. The Kier molecular flexibility index (Phi) is 2.94. The third kappa shape index (κ3) is 1.85. The summed E-state index contributed by atoms with van der Waals surface area (Å²) in [6, 6.07) is 13.2.